The number of hydrogen-bond donors (Lipinski definition) is 0. The summed E-state index contributed by atoms with van der Waals surface area (Å²) in [4.78, 5) is 0. The van der Waals surface area contributed by atoms with Crippen molar-refractivity contribution in [2.45, 2.75) is 0 Å². The Hall–Kier alpha value is 2.39. The van der Waals surface area contributed by atoms with Crippen LogP contribution in [0, 0.1) is 0 Å². The Morgan fingerprint density at radius 1 is 0.186 bits per heavy atom. The zero-order valence-corrected chi connectivity index (χ0v) is 36.0. The van der Waals surface area contributed by atoms with E-state index in [0.717, 1.165) is 0 Å². The summed E-state index contributed by atoms with van der Waals surface area (Å²) >= 11 is 0. The van der Waals surface area contributed by atoms with Gasteiger partial charge in [-0.3, -0.25) is 0 Å². The minimum atomic E-state index is -7.95. The molecule has 0 radical (unpaired) electrons. The van der Waals surface area contributed by atoms with E-state index in [4.69, 9.17) is 81.4 Å². The molecular formula is C18H60CrO18P6. The Labute approximate surface area is 256 Å². The molecule has 0 heterocycles. The summed E-state index contributed by atoms with van der Waals surface area (Å²) in [7, 11) is 15.8. The summed E-state index contributed by atoms with van der Waals surface area (Å²) in [5.74, 6) is 0. The van der Waals surface area contributed by atoms with Crippen LogP contribution >= 0.6 is 39.5 Å². The fourth-order valence-corrected chi connectivity index (χ4v) is 229. The molecule has 0 unspecified atom stereocenters. The molecule has 0 N–H and O–H groups in total. The first-order valence-corrected chi connectivity index (χ1v) is 33.5. The average molecular weight is 803 g/mol. The molecule has 18 nitrogen and oxygen atoms in total. The van der Waals surface area contributed by atoms with E-state index < -0.39 is 47.8 Å². The van der Waals surface area contributed by atoms with Crippen molar-refractivity contribution in [3.63, 3.8) is 0 Å². The summed E-state index contributed by atoms with van der Waals surface area (Å²) in [5, 5.41) is 0. The summed E-state index contributed by atoms with van der Waals surface area (Å²) in [6.07, 6.45) is 0. The third kappa shape index (κ3) is 3.72. The molecule has 0 bridgehead atoms. The first-order valence-electron chi connectivity index (χ1n) is 12.2. The summed E-state index contributed by atoms with van der Waals surface area (Å²) in [6, 6.07) is 0. The Morgan fingerprint density at radius 3 is 0.302 bits per heavy atom. The quantitative estimate of drug-likeness (QED) is 0.115. The summed E-state index contributed by atoms with van der Waals surface area (Å²) < 4.78 is 119. The third-order valence-corrected chi connectivity index (χ3v) is 167. The molecule has 0 rings (SSSR count). The molecule has 0 aliphatic carbocycles. The normalized spacial score (nSPS) is 18.6. The van der Waals surface area contributed by atoms with Crippen LogP contribution in [0.5, 0.6) is 0 Å². The van der Waals surface area contributed by atoms with Gasteiger partial charge in [-0.15, -0.1) is 0 Å². The summed E-state index contributed by atoms with van der Waals surface area (Å²) in [5.41, 5.74) is 0. The fraction of sp³-hybridized carbons (Fsp3) is 1.00. The van der Waals surface area contributed by atoms with Gasteiger partial charge in [-0.25, -0.2) is 0 Å². The molecule has 0 aromatic rings. The molecule has 0 aliphatic heterocycles. The second kappa shape index (κ2) is 16.4. The summed E-state index contributed by atoms with van der Waals surface area (Å²) in [6.45, 7) is -31.1. The van der Waals surface area contributed by atoms with Gasteiger partial charge in [-0.1, -0.05) is 0 Å². The van der Waals surface area contributed by atoms with Crippen LogP contribution in [-0.4, -0.2) is 128 Å². The second-order valence-corrected chi connectivity index (χ2v) is 90.9. The third-order valence-electron chi connectivity index (χ3n) is 8.25. The Balaban J connectivity index is 11.7. The van der Waals surface area contributed by atoms with Crippen LogP contribution in [0.25, 0.3) is 0 Å². The van der Waals surface area contributed by atoms with Crippen LogP contribution in [0.4, 0.5) is 0 Å². The van der Waals surface area contributed by atoms with E-state index in [9.17, 15) is 0 Å². The average Bonchev–Trinajstić information content (AvgIpc) is 3.07. The van der Waals surface area contributed by atoms with Gasteiger partial charge in [0.2, 0.25) is 0 Å². The van der Waals surface area contributed by atoms with Crippen LogP contribution < -0.4 is 0 Å². The molecule has 0 saturated heterocycles. The Morgan fingerprint density at radius 2 is 0.256 bits per heavy atom. The molecule has 0 aliphatic rings. The minimum absolute atomic E-state index is 1.32. The maximum atomic E-state index is 6.61. The van der Waals surface area contributed by atoms with Crippen molar-refractivity contribution in [1.29, 1.82) is 0 Å². The zero-order valence-electron chi connectivity index (χ0n) is 28.8. The Kier molecular flexibility index (Phi) is 17.3. The van der Waals surface area contributed by atoms with Crippen molar-refractivity contribution in [1.82, 2.24) is 0 Å². The van der Waals surface area contributed by atoms with E-state index in [1.807, 2.05) is 0 Å². The van der Waals surface area contributed by atoms with Crippen LogP contribution in [0.3, 0.4) is 0 Å². The topological polar surface area (TPSA) is 166 Å². The Bertz CT molecular complexity index is 627. The van der Waals surface area contributed by atoms with Crippen molar-refractivity contribution in [2.75, 3.05) is 128 Å². The first kappa shape index (κ1) is 45.4. The fourth-order valence-electron chi connectivity index (χ4n) is 7.55. The zero-order chi connectivity index (χ0) is 34.1. The van der Waals surface area contributed by atoms with Crippen LogP contribution in [0.15, 0.2) is 0 Å². The van der Waals surface area contributed by atoms with Gasteiger partial charge in [0.1, 0.15) is 0 Å². The predicted octanol–water partition coefficient (Wildman–Crippen LogP) is 5.31. The van der Waals surface area contributed by atoms with Gasteiger partial charge >= 0.3 is 257 Å². The van der Waals surface area contributed by atoms with E-state index >= 15 is 0 Å². The van der Waals surface area contributed by atoms with Gasteiger partial charge in [0, 0.05) is 0 Å². The molecule has 0 aromatic carbocycles. The van der Waals surface area contributed by atoms with Crippen molar-refractivity contribution in [2.24, 2.45) is 0 Å². The van der Waals surface area contributed by atoms with Gasteiger partial charge in [0.25, 0.3) is 0 Å². The molecule has 276 valence electrons. The van der Waals surface area contributed by atoms with Crippen molar-refractivity contribution in [3.05, 3.63) is 0 Å². The van der Waals surface area contributed by atoms with Crippen LogP contribution in [0.2, 0.25) is 0 Å². The molecule has 0 saturated carbocycles. The van der Waals surface area contributed by atoms with Crippen molar-refractivity contribution < 1.29 is 89.7 Å². The van der Waals surface area contributed by atoms with Crippen molar-refractivity contribution in [3.8, 4) is 0 Å². The molecule has 0 atom stereocenters. The van der Waals surface area contributed by atoms with Gasteiger partial charge in [0.05, 0.1) is 0 Å². The van der Waals surface area contributed by atoms with Crippen LogP contribution in [0.1, 0.15) is 0 Å². The number of rotatable bonds is 24. The van der Waals surface area contributed by atoms with E-state index in [0.29, 0.717) is 0 Å². The molecule has 0 aromatic heterocycles. The standard InChI is InChI=1S/6C3H10O3P.Cr/c6*1-4-7(5-2)6-3;/h6*7H,1-3H3;/q6*+1;-6. The van der Waals surface area contributed by atoms with Crippen molar-refractivity contribution >= 4 is 39.5 Å². The molecule has 43 heavy (non-hydrogen) atoms. The van der Waals surface area contributed by atoms with Gasteiger partial charge < -0.3 is 0 Å². The van der Waals surface area contributed by atoms with E-state index in [2.05, 4.69) is 0 Å². The first-order chi connectivity index (χ1) is 20.3. The SMILES string of the molecule is CO[PH](OC)(OC)[Cr]([PH](OC)(OC)OC)([PH](OC)(OC)OC)([PH](OC)(OC)OC)([PH](OC)(OC)OC)[PH](OC)(OC)OC. The second-order valence-electron chi connectivity index (χ2n) is 8.21. The van der Waals surface area contributed by atoms with Gasteiger partial charge in [-0.05, 0) is 0 Å². The van der Waals surface area contributed by atoms with E-state index in [1.54, 1.807) is 0 Å². The molecule has 0 spiro atoms. The van der Waals surface area contributed by atoms with Gasteiger partial charge in [0.15, 0.2) is 0 Å². The van der Waals surface area contributed by atoms with E-state index in [1.165, 1.54) is 128 Å². The molecule has 0 amide bonds. The molecule has 25 heteroatoms. The van der Waals surface area contributed by atoms with Crippen LogP contribution in [-0.2, 0) is 89.7 Å². The monoisotopic (exact) mass is 802 g/mol. The molecule has 0 fully saturated rings. The predicted molar refractivity (Wildman–Crippen MR) is 176 cm³/mol. The maximum absolute atomic E-state index is 7.95. The number of hydrogen-bond acceptors (Lipinski definition) is 18. The van der Waals surface area contributed by atoms with Gasteiger partial charge in [-0.2, -0.15) is 0 Å². The van der Waals surface area contributed by atoms with E-state index in [-0.39, 0.29) is 0 Å². The molecular weight excluding hydrogens is 742 g/mol.